The molecule has 2 atom stereocenters. The van der Waals surface area contributed by atoms with Crippen LogP contribution >= 0.6 is 0 Å². The van der Waals surface area contributed by atoms with Crippen molar-refractivity contribution in [2.45, 2.75) is 161 Å². The fourth-order valence-electron chi connectivity index (χ4n) is 4.18. The first-order chi connectivity index (χ1) is 15.2. The van der Waals surface area contributed by atoms with Crippen LogP contribution in [-0.4, -0.2) is 34.9 Å². The Morgan fingerprint density at radius 1 is 0.645 bits per heavy atom. The molecule has 0 spiro atoms. The zero-order valence-corrected chi connectivity index (χ0v) is 21.0. The average molecular weight is 442 g/mol. The highest BCUT2D eigenvalue weighted by Crippen LogP contribution is 2.14. The van der Waals surface area contributed by atoms with E-state index in [4.69, 9.17) is 0 Å². The van der Waals surface area contributed by atoms with Gasteiger partial charge in [-0.2, -0.15) is 0 Å². The summed E-state index contributed by atoms with van der Waals surface area (Å²) in [6, 6.07) is -0.523. The van der Waals surface area contributed by atoms with Gasteiger partial charge in [0, 0.05) is 6.42 Å². The lowest BCUT2D eigenvalue weighted by Crippen LogP contribution is -2.45. The van der Waals surface area contributed by atoms with Crippen LogP contribution in [0.3, 0.4) is 0 Å². The van der Waals surface area contributed by atoms with Gasteiger partial charge >= 0.3 is 0 Å². The molecule has 0 saturated heterocycles. The fourth-order valence-corrected chi connectivity index (χ4v) is 4.18. The fraction of sp³-hybridized carbons (Fsp3) is 0.963. The first-order valence-electron chi connectivity index (χ1n) is 13.7. The second-order valence-corrected chi connectivity index (χ2v) is 9.47. The number of carbonyl (C=O) groups excluding carboxylic acids is 1. The molecule has 0 aliphatic rings. The average Bonchev–Trinajstić information content (AvgIpc) is 2.77. The van der Waals surface area contributed by atoms with E-state index in [1.54, 1.807) is 0 Å². The number of carbonyl (C=O) groups is 1. The highest BCUT2D eigenvalue weighted by atomic mass is 16.3. The highest BCUT2D eigenvalue weighted by Gasteiger charge is 2.19. The summed E-state index contributed by atoms with van der Waals surface area (Å²) in [6.45, 7) is 4.29. The van der Waals surface area contributed by atoms with Crippen LogP contribution < -0.4 is 5.32 Å². The third-order valence-corrected chi connectivity index (χ3v) is 6.37. The van der Waals surface area contributed by atoms with Crippen molar-refractivity contribution in [3.05, 3.63) is 0 Å². The third kappa shape index (κ3) is 21.0. The van der Waals surface area contributed by atoms with E-state index in [-0.39, 0.29) is 12.5 Å². The summed E-state index contributed by atoms with van der Waals surface area (Å²) in [7, 11) is 0. The van der Waals surface area contributed by atoms with Gasteiger partial charge in [-0.1, -0.05) is 129 Å². The molecule has 0 radical (unpaired) electrons. The summed E-state index contributed by atoms with van der Waals surface area (Å²) >= 11 is 0. The molecule has 0 fully saturated rings. The molecule has 1 amide bonds. The molecule has 3 N–H and O–H groups in total. The van der Waals surface area contributed by atoms with Gasteiger partial charge in [0.2, 0.25) is 5.91 Å². The van der Waals surface area contributed by atoms with Crippen molar-refractivity contribution >= 4 is 5.91 Å². The number of amides is 1. The second-order valence-electron chi connectivity index (χ2n) is 9.47. The summed E-state index contributed by atoms with van der Waals surface area (Å²) in [4.78, 5) is 12.1. The Bertz CT molecular complexity index is 375. The first kappa shape index (κ1) is 30.4. The molecule has 0 aromatic heterocycles. The molecule has 0 saturated carbocycles. The van der Waals surface area contributed by atoms with Crippen molar-refractivity contribution in [3.63, 3.8) is 0 Å². The monoisotopic (exact) mass is 441 g/mol. The van der Waals surface area contributed by atoms with Crippen LogP contribution in [0.4, 0.5) is 0 Å². The maximum Gasteiger partial charge on any atom is 0.220 e. The van der Waals surface area contributed by atoms with E-state index < -0.39 is 12.1 Å². The number of hydrogen-bond acceptors (Lipinski definition) is 3. The van der Waals surface area contributed by atoms with Gasteiger partial charge in [-0.25, -0.2) is 0 Å². The van der Waals surface area contributed by atoms with Crippen LogP contribution in [0.2, 0.25) is 0 Å². The molecular weight excluding hydrogens is 386 g/mol. The normalized spacial score (nSPS) is 13.3. The SMILES string of the molecule is CCCCCCCCCCCCC[C@@H](O)[C@H](CO)NC(=O)CCCCCCCCCC. The van der Waals surface area contributed by atoms with Gasteiger partial charge in [-0.15, -0.1) is 0 Å². The highest BCUT2D eigenvalue weighted by molar-refractivity contribution is 5.76. The maximum absolute atomic E-state index is 12.1. The molecule has 0 aliphatic carbocycles. The number of aliphatic hydroxyl groups is 2. The number of hydrogen-bond donors (Lipinski definition) is 3. The van der Waals surface area contributed by atoms with Crippen molar-refractivity contribution in [1.29, 1.82) is 0 Å². The third-order valence-electron chi connectivity index (χ3n) is 6.37. The van der Waals surface area contributed by atoms with Crippen LogP contribution in [0, 0.1) is 0 Å². The van der Waals surface area contributed by atoms with Crippen molar-refractivity contribution in [2.24, 2.45) is 0 Å². The molecule has 186 valence electrons. The van der Waals surface area contributed by atoms with Crippen molar-refractivity contribution in [3.8, 4) is 0 Å². The van der Waals surface area contributed by atoms with Crippen LogP contribution in [0.1, 0.15) is 149 Å². The zero-order valence-electron chi connectivity index (χ0n) is 21.0. The topological polar surface area (TPSA) is 69.6 Å². The van der Waals surface area contributed by atoms with E-state index in [0.29, 0.717) is 12.8 Å². The molecular formula is C27H55NO3. The van der Waals surface area contributed by atoms with Crippen LogP contribution in [0.25, 0.3) is 0 Å². The van der Waals surface area contributed by atoms with E-state index >= 15 is 0 Å². The number of aliphatic hydroxyl groups excluding tert-OH is 2. The molecule has 0 rings (SSSR count). The Kier molecular flexibility index (Phi) is 23.6. The van der Waals surface area contributed by atoms with Gasteiger partial charge in [-0.05, 0) is 12.8 Å². The van der Waals surface area contributed by atoms with Gasteiger partial charge in [0.05, 0.1) is 18.8 Å². The molecule has 0 aromatic carbocycles. The molecule has 0 aliphatic heterocycles. The molecule has 0 unspecified atom stereocenters. The molecule has 4 nitrogen and oxygen atoms in total. The van der Waals surface area contributed by atoms with Crippen molar-refractivity contribution < 1.29 is 15.0 Å². The zero-order chi connectivity index (χ0) is 23.0. The van der Waals surface area contributed by atoms with Crippen LogP contribution in [-0.2, 0) is 4.79 Å². The van der Waals surface area contributed by atoms with Crippen LogP contribution in [0.5, 0.6) is 0 Å². The van der Waals surface area contributed by atoms with Gasteiger partial charge in [-0.3, -0.25) is 4.79 Å². The van der Waals surface area contributed by atoms with Gasteiger partial charge in [0.15, 0.2) is 0 Å². The Balaban J connectivity index is 3.62. The Morgan fingerprint density at radius 2 is 1.03 bits per heavy atom. The van der Waals surface area contributed by atoms with Crippen LogP contribution in [0.15, 0.2) is 0 Å². The quantitative estimate of drug-likeness (QED) is 0.140. The van der Waals surface area contributed by atoms with E-state index in [9.17, 15) is 15.0 Å². The lowest BCUT2D eigenvalue weighted by molar-refractivity contribution is -0.123. The maximum atomic E-state index is 12.1. The van der Waals surface area contributed by atoms with E-state index in [1.807, 2.05) is 0 Å². The smallest absolute Gasteiger partial charge is 0.220 e. The van der Waals surface area contributed by atoms with Gasteiger partial charge in [0.25, 0.3) is 0 Å². The molecule has 0 aromatic rings. The summed E-state index contributed by atoms with van der Waals surface area (Å²) in [5, 5.41) is 22.7. The first-order valence-corrected chi connectivity index (χ1v) is 13.7. The summed E-state index contributed by atoms with van der Waals surface area (Å²) in [6.07, 6.45) is 24.3. The summed E-state index contributed by atoms with van der Waals surface area (Å²) < 4.78 is 0. The van der Waals surface area contributed by atoms with E-state index in [1.165, 1.54) is 96.3 Å². The minimum Gasteiger partial charge on any atom is -0.394 e. The lowest BCUT2D eigenvalue weighted by Gasteiger charge is -2.22. The predicted octanol–water partition coefficient (Wildman–Crippen LogP) is 7.06. The van der Waals surface area contributed by atoms with Crippen molar-refractivity contribution in [2.75, 3.05) is 6.61 Å². The van der Waals surface area contributed by atoms with E-state index in [2.05, 4.69) is 19.2 Å². The molecule has 4 heteroatoms. The molecule has 0 bridgehead atoms. The minimum absolute atomic E-state index is 0.0389. The van der Waals surface area contributed by atoms with Gasteiger partial charge in [0.1, 0.15) is 0 Å². The van der Waals surface area contributed by atoms with Gasteiger partial charge < -0.3 is 15.5 Å². The summed E-state index contributed by atoms with van der Waals surface area (Å²) in [5.41, 5.74) is 0. The largest absolute Gasteiger partial charge is 0.394 e. The standard InChI is InChI=1S/C27H55NO3/c1-3-5-7-9-11-13-14-15-16-18-20-22-26(30)25(24-29)28-27(31)23-21-19-17-12-10-8-6-4-2/h25-26,29-30H,3-24H2,1-2H3,(H,28,31)/t25-,26+/m0/s1. The van der Waals surface area contributed by atoms with Crippen molar-refractivity contribution in [1.82, 2.24) is 5.32 Å². The minimum atomic E-state index is -0.647. The Labute approximate surface area is 194 Å². The number of nitrogens with one attached hydrogen (secondary N) is 1. The Hall–Kier alpha value is -0.610. The Morgan fingerprint density at radius 3 is 1.45 bits per heavy atom. The second kappa shape index (κ2) is 24.0. The number of unbranched alkanes of at least 4 members (excludes halogenated alkanes) is 17. The van der Waals surface area contributed by atoms with E-state index in [0.717, 1.165) is 25.7 Å². The molecule has 31 heavy (non-hydrogen) atoms. The lowest BCUT2D eigenvalue weighted by atomic mass is 10.0. The predicted molar refractivity (Wildman–Crippen MR) is 133 cm³/mol. The summed E-state index contributed by atoms with van der Waals surface area (Å²) in [5.74, 6) is -0.0389. The molecule has 0 heterocycles. The number of rotatable bonds is 24.